The van der Waals surface area contributed by atoms with Crippen LogP contribution in [-0.4, -0.2) is 45.6 Å². The first-order valence-electron chi connectivity index (χ1n) is 5.83. The van der Waals surface area contributed by atoms with Crippen molar-refractivity contribution in [1.29, 1.82) is 0 Å². The molecular formula is C13H18BrNO3. The SMILES string of the molecule is COc1ccc(Br)cc1N(C)CC1(CO)COC1. The number of hydrogen-bond acceptors (Lipinski definition) is 4. The number of methoxy groups -OCH3 is 1. The Hall–Kier alpha value is -0.780. The van der Waals surface area contributed by atoms with Gasteiger partial charge in [-0.05, 0) is 18.2 Å². The monoisotopic (exact) mass is 315 g/mol. The number of aliphatic hydroxyl groups is 1. The molecule has 0 aromatic heterocycles. The predicted octanol–water partition coefficient (Wildman–Crippen LogP) is 1.90. The molecule has 0 aliphatic carbocycles. The van der Waals surface area contributed by atoms with Crippen molar-refractivity contribution in [3.05, 3.63) is 22.7 Å². The van der Waals surface area contributed by atoms with E-state index in [2.05, 4.69) is 20.8 Å². The van der Waals surface area contributed by atoms with Crippen LogP contribution in [0, 0.1) is 5.41 Å². The molecule has 0 atom stereocenters. The van der Waals surface area contributed by atoms with Crippen molar-refractivity contribution in [2.24, 2.45) is 5.41 Å². The second-order valence-corrected chi connectivity index (χ2v) is 5.74. The highest BCUT2D eigenvalue weighted by molar-refractivity contribution is 9.10. The van der Waals surface area contributed by atoms with Gasteiger partial charge in [-0.15, -0.1) is 0 Å². The van der Waals surface area contributed by atoms with Crippen molar-refractivity contribution < 1.29 is 14.6 Å². The first-order valence-corrected chi connectivity index (χ1v) is 6.63. The Labute approximate surface area is 116 Å². The van der Waals surface area contributed by atoms with Gasteiger partial charge < -0.3 is 19.5 Å². The van der Waals surface area contributed by atoms with Gasteiger partial charge >= 0.3 is 0 Å². The molecule has 0 radical (unpaired) electrons. The summed E-state index contributed by atoms with van der Waals surface area (Å²) < 4.78 is 11.6. The number of halogens is 1. The molecule has 1 saturated heterocycles. The molecule has 2 rings (SSSR count). The number of benzene rings is 1. The fourth-order valence-corrected chi connectivity index (χ4v) is 2.52. The molecule has 0 amide bonds. The number of anilines is 1. The summed E-state index contributed by atoms with van der Waals surface area (Å²) in [7, 11) is 3.66. The van der Waals surface area contributed by atoms with E-state index in [4.69, 9.17) is 9.47 Å². The minimum absolute atomic E-state index is 0.137. The number of rotatable bonds is 5. The summed E-state index contributed by atoms with van der Waals surface area (Å²) in [6, 6.07) is 5.90. The maximum atomic E-state index is 9.47. The highest BCUT2D eigenvalue weighted by atomic mass is 79.9. The molecule has 0 unspecified atom stereocenters. The van der Waals surface area contributed by atoms with E-state index >= 15 is 0 Å². The molecule has 1 aliphatic heterocycles. The van der Waals surface area contributed by atoms with E-state index in [0.717, 1.165) is 22.5 Å². The molecule has 1 aromatic carbocycles. The van der Waals surface area contributed by atoms with Crippen molar-refractivity contribution in [1.82, 2.24) is 0 Å². The zero-order chi connectivity index (χ0) is 13.2. The maximum Gasteiger partial charge on any atom is 0.142 e. The summed E-state index contributed by atoms with van der Waals surface area (Å²) in [4.78, 5) is 2.10. The van der Waals surface area contributed by atoms with E-state index in [1.807, 2.05) is 25.2 Å². The van der Waals surface area contributed by atoms with Gasteiger partial charge in [0, 0.05) is 18.1 Å². The lowest BCUT2D eigenvalue weighted by Crippen LogP contribution is -2.52. The number of nitrogens with zero attached hydrogens (tertiary/aromatic N) is 1. The third-order valence-corrected chi connectivity index (χ3v) is 3.77. The highest BCUT2D eigenvalue weighted by Crippen LogP contribution is 2.34. The van der Waals surface area contributed by atoms with Gasteiger partial charge in [0.05, 0.1) is 38.0 Å². The molecule has 1 aliphatic rings. The molecular weight excluding hydrogens is 298 g/mol. The van der Waals surface area contributed by atoms with E-state index < -0.39 is 0 Å². The summed E-state index contributed by atoms with van der Waals surface area (Å²) in [6.45, 7) is 2.12. The van der Waals surface area contributed by atoms with Crippen LogP contribution in [0.15, 0.2) is 22.7 Å². The Morgan fingerprint density at radius 3 is 2.72 bits per heavy atom. The zero-order valence-electron chi connectivity index (χ0n) is 10.6. The molecule has 1 fully saturated rings. The molecule has 18 heavy (non-hydrogen) atoms. The average Bonchev–Trinajstić information content (AvgIpc) is 2.33. The molecule has 0 bridgehead atoms. The second kappa shape index (κ2) is 5.47. The molecule has 100 valence electrons. The molecule has 4 nitrogen and oxygen atoms in total. The normalized spacial score (nSPS) is 17.1. The van der Waals surface area contributed by atoms with Gasteiger partial charge in [-0.25, -0.2) is 0 Å². The zero-order valence-corrected chi connectivity index (χ0v) is 12.2. The summed E-state index contributed by atoms with van der Waals surface area (Å²) in [5, 5.41) is 9.47. The largest absolute Gasteiger partial charge is 0.495 e. The number of hydrogen-bond donors (Lipinski definition) is 1. The van der Waals surface area contributed by atoms with E-state index in [9.17, 15) is 5.11 Å². The van der Waals surface area contributed by atoms with Crippen LogP contribution < -0.4 is 9.64 Å². The Bertz CT molecular complexity index is 415. The van der Waals surface area contributed by atoms with Crippen LogP contribution >= 0.6 is 15.9 Å². The van der Waals surface area contributed by atoms with Gasteiger partial charge in [0.1, 0.15) is 5.75 Å². The summed E-state index contributed by atoms with van der Waals surface area (Å²) >= 11 is 3.47. The van der Waals surface area contributed by atoms with Crippen LogP contribution in [0.3, 0.4) is 0 Å². The van der Waals surface area contributed by atoms with Crippen LogP contribution in [0.2, 0.25) is 0 Å². The van der Waals surface area contributed by atoms with Crippen LogP contribution in [-0.2, 0) is 4.74 Å². The third kappa shape index (κ3) is 2.63. The highest BCUT2D eigenvalue weighted by Gasteiger charge is 2.39. The van der Waals surface area contributed by atoms with E-state index in [1.165, 1.54) is 0 Å². The fraction of sp³-hybridized carbons (Fsp3) is 0.538. The Morgan fingerprint density at radius 2 is 2.22 bits per heavy atom. The lowest BCUT2D eigenvalue weighted by molar-refractivity contribution is -0.130. The van der Waals surface area contributed by atoms with Crippen molar-refractivity contribution in [2.75, 3.05) is 45.4 Å². The van der Waals surface area contributed by atoms with Crippen LogP contribution in [0.1, 0.15) is 0 Å². The van der Waals surface area contributed by atoms with Gasteiger partial charge in [-0.2, -0.15) is 0 Å². The number of aliphatic hydroxyl groups excluding tert-OH is 1. The Kier molecular flexibility index (Phi) is 4.14. The van der Waals surface area contributed by atoms with Gasteiger partial charge in [0.2, 0.25) is 0 Å². The predicted molar refractivity (Wildman–Crippen MR) is 74.3 cm³/mol. The average molecular weight is 316 g/mol. The molecule has 1 aromatic rings. The van der Waals surface area contributed by atoms with Crippen LogP contribution in [0.4, 0.5) is 5.69 Å². The third-order valence-electron chi connectivity index (χ3n) is 3.28. The standard InChI is InChI=1S/C13H18BrNO3/c1-15(6-13(7-16)8-18-9-13)11-5-10(14)3-4-12(11)17-2/h3-5,16H,6-9H2,1-2H3. The first kappa shape index (κ1) is 13.6. The topological polar surface area (TPSA) is 41.9 Å². The van der Waals surface area contributed by atoms with Crippen molar-refractivity contribution >= 4 is 21.6 Å². The van der Waals surface area contributed by atoms with E-state index in [0.29, 0.717) is 13.2 Å². The van der Waals surface area contributed by atoms with Crippen LogP contribution in [0.5, 0.6) is 5.75 Å². The smallest absolute Gasteiger partial charge is 0.142 e. The second-order valence-electron chi connectivity index (χ2n) is 4.82. The van der Waals surface area contributed by atoms with Gasteiger partial charge in [0.15, 0.2) is 0 Å². The van der Waals surface area contributed by atoms with Crippen LogP contribution in [0.25, 0.3) is 0 Å². The molecule has 1 heterocycles. The minimum Gasteiger partial charge on any atom is -0.495 e. The maximum absolute atomic E-state index is 9.47. The molecule has 0 saturated carbocycles. The van der Waals surface area contributed by atoms with E-state index in [1.54, 1.807) is 7.11 Å². The lowest BCUT2D eigenvalue weighted by atomic mass is 9.86. The van der Waals surface area contributed by atoms with Gasteiger partial charge in [-0.3, -0.25) is 0 Å². The van der Waals surface area contributed by atoms with Crippen molar-refractivity contribution in [3.8, 4) is 5.75 Å². The first-order chi connectivity index (χ1) is 8.60. The number of ether oxygens (including phenoxy) is 2. The summed E-state index contributed by atoms with van der Waals surface area (Å²) in [5.41, 5.74) is 0.869. The minimum atomic E-state index is -0.137. The molecule has 5 heteroatoms. The molecule has 1 N–H and O–H groups in total. The van der Waals surface area contributed by atoms with E-state index in [-0.39, 0.29) is 12.0 Å². The fourth-order valence-electron chi connectivity index (χ4n) is 2.17. The summed E-state index contributed by atoms with van der Waals surface area (Å²) in [6.07, 6.45) is 0. The lowest BCUT2D eigenvalue weighted by Gasteiger charge is -2.43. The quantitative estimate of drug-likeness (QED) is 0.901. The van der Waals surface area contributed by atoms with Gasteiger partial charge in [-0.1, -0.05) is 15.9 Å². The van der Waals surface area contributed by atoms with Crippen molar-refractivity contribution in [3.63, 3.8) is 0 Å². The Morgan fingerprint density at radius 1 is 1.50 bits per heavy atom. The Balaban J connectivity index is 2.17. The van der Waals surface area contributed by atoms with Crippen molar-refractivity contribution in [2.45, 2.75) is 0 Å². The van der Waals surface area contributed by atoms with Gasteiger partial charge in [0.25, 0.3) is 0 Å². The molecule has 0 spiro atoms. The summed E-state index contributed by atoms with van der Waals surface area (Å²) in [5.74, 6) is 0.828.